The number of ether oxygens (including phenoxy) is 2. The molecule has 27 heavy (non-hydrogen) atoms. The number of rotatable bonds is 12. The highest BCUT2D eigenvalue weighted by Gasteiger charge is 2.09. The Balaban J connectivity index is 1.80. The molecule has 0 saturated carbocycles. The summed E-state index contributed by atoms with van der Waals surface area (Å²) in [5, 5.41) is 0. The fourth-order valence-electron chi connectivity index (χ4n) is 2.88. The molecule has 3 nitrogen and oxygen atoms in total. The second kappa shape index (κ2) is 12.2. The number of hydrogen-bond acceptors (Lipinski definition) is 3. The number of esters is 1. The molecule has 0 spiro atoms. The number of benzene rings is 2. The van der Waals surface area contributed by atoms with Crippen molar-refractivity contribution < 1.29 is 14.3 Å². The normalized spacial score (nSPS) is 10.6. The average Bonchev–Trinajstić information content (AvgIpc) is 2.70. The molecule has 0 atom stereocenters. The van der Waals surface area contributed by atoms with E-state index >= 15 is 0 Å². The van der Waals surface area contributed by atoms with Crippen molar-refractivity contribution in [1.29, 1.82) is 0 Å². The first kappa shape index (κ1) is 21.0. The average molecular weight is 369 g/mol. The van der Waals surface area contributed by atoms with Crippen molar-refractivity contribution in [2.75, 3.05) is 6.61 Å². The summed E-state index contributed by atoms with van der Waals surface area (Å²) in [5.74, 6) is 1.01. The van der Waals surface area contributed by atoms with Gasteiger partial charge in [-0.1, -0.05) is 58.1 Å². The van der Waals surface area contributed by atoms with Gasteiger partial charge in [0, 0.05) is 0 Å². The van der Waals surface area contributed by atoms with Crippen LogP contribution in [0.2, 0.25) is 0 Å². The van der Waals surface area contributed by atoms with Gasteiger partial charge in [0.15, 0.2) is 0 Å². The molecule has 0 fully saturated rings. The summed E-state index contributed by atoms with van der Waals surface area (Å²) in [7, 11) is 0. The Hall–Kier alpha value is -2.29. The van der Waals surface area contributed by atoms with Crippen molar-refractivity contribution in [2.45, 2.75) is 65.2 Å². The van der Waals surface area contributed by atoms with E-state index in [2.05, 4.69) is 13.8 Å². The highest BCUT2D eigenvalue weighted by molar-refractivity contribution is 5.91. The second-order valence-electron chi connectivity index (χ2n) is 6.92. The molecule has 0 aromatic heterocycles. The fraction of sp³-hybridized carbons (Fsp3) is 0.458. The van der Waals surface area contributed by atoms with E-state index in [9.17, 15) is 4.79 Å². The first-order chi connectivity index (χ1) is 13.2. The molecule has 2 rings (SSSR count). The topological polar surface area (TPSA) is 35.5 Å². The lowest BCUT2D eigenvalue weighted by atomic mass is 10.0. The minimum Gasteiger partial charge on any atom is -0.494 e. The molecule has 3 heteroatoms. The highest BCUT2D eigenvalue weighted by atomic mass is 16.5. The summed E-state index contributed by atoms with van der Waals surface area (Å²) in [6.07, 6.45) is 9.47. The third-order valence-electron chi connectivity index (χ3n) is 4.56. The van der Waals surface area contributed by atoms with Gasteiger partial charge in [-0.05, 0) is 61.2 Å². The first-order valence-electron chi connectivity index (χ1n) is 10.3. The van der Waals surface area contributed by atoms with Gasteiger partial charge in [-0.25, -0.2) is 4.79 Å². The SMILES string of the molecule is CCCCCCc1ccc(C(=O)Oc2ccc(OCCCCC)cc2)cc1. The van der Waals surface area contributed by atoms with Crippen LogP contribution in [-0.2, 0) is 6.42 Å². The van der Waals surface area contributed by atoms with E-state index < -0.39 is 0 Å². The molecular weight excluding hydrogens is 336 g/mol. The zero-order chi connectivity index (χ0) is 19.3. The number of aryl methyl sites for hydroxylation is 1. The number of unbranched alkanes of at least 4 members (excludes halogenated alkanes) is 5. The summed E-state index contributed by atoms with van der Waals surface area (Å²) < 4.78 is 11.1. The molecule has 0 unspecified atom stereocenters. The van der Waals surface area contributed by atoms with Crippen LogP contribution in [0, 0.1) is 0 Å². The Morgan fingerprint density at radius 2 is 1.37 bits per heavy atom. The summed E-state index contributed by atoms with van der Waals surface area (Å²) in [5.41, 5.74) is 1.85. The third-order valence-corrected chi connectivity index (χ3v) is 4.56. The molecule has 2 aromatic carbocycles. The Labute approximate surface area is 163 Å². The van der Waals surface area contributed by atoms with Gasteiger partial charge in [-0.2, -0.15) is 0 Å². The van der Waals surface area contributed by atoms with Crippen molar-refractivity contribution >= 4 is 5.97 Å². The molecule has 0 aliphatic rings. The minimum atomic E-state index is -0.329. The van der Waals surface area contributed by atoms with E-state index in [1.54, 1.807) is 12.1 Å². The monoisotopic (exact) mass is 368 g/mol. The Bertz CT molecular complexity index is 659. The van der Waals surface area contributed by atoms with Crippen LogP contribution < -0.4 is 9.47 Å². The predicted octanol–water partition coefficient (Wildman–Crippen LogP) is 6.60. The minimum absolute atomic E-state index is 0.329. The van der Waals surface area contributed by atoms with Gasteiger partial charge in [-0.3, -0.25) is 0 Å². The van der Waals surface area contributed by atoms with Crippen LogP contribution in [0.4, 0.5) is 0 Å². The van der Waals surface area contributed by atoms with Crippen molar-refractivity contribution in [1.82, 2.24) is 0 Å². The fourth-order valence-corrected chi connectivity index (χ4v) is 2.88. The van der Waals surface area contributed by atoms with E-state index in [-0.39, 0.29) is 5.97 Å². The maximum atomic E-state index is 12.3. The van der Waals surface area contributed by atoms with E-state index in [4.69, 9.17) is 9.47 Å². The van der Waals surface area contributed by atoms with Crippen LogP contribution >= 0.6 is 0 Å². The Kier molecular flexibility index (Phi) is 9.47. The van der Waals surface area contributed by atoms with E-state index in [1.165, 1.54) is 44.1 Å². The van der Waals surface area contributed by atoms with Crippen molar-refractivity contribution in [3.8, 4) is 11.5 Å². The molecule has 0 heterocycles. The zero-order valence-electron chi connectivity index (χ0n) is 16.7. The van der Waals surface area contributed by atoms with E-state index in [1.807, 2.05) is 36.4 Å². The molecular formula is C24H32O3. The standard InChI is InChI=1S/C24H32O3/c1-3-5-7-8-10-20-11-13-21(14-12-20)24(25)27-23-17-15-22(16-18-23)26-19-9-6-4-2/h11-18H,3-10,19H2,1-2H3. The Morgan fingerprint density at radius 1 is 0.741 bits per heavy atom. The van der Waals surface area contributed by atoms with Gasteiger partial charge in [0.1, 0.15) is 11.5 Å². The van der Waals surface area contributed by atoms with Crippen LogP contribution in [0.5, 0.6) is 11.5 Å². The lowest BCUT2D eigenvalue weighted by Crippen LogP contribution is -2.08. The van der Waals surface area contributed by atoms with Crippen molar-refractivity contribution in [2.24, 2.45) is 0 Å². The number of hydrogen-bond donors (Lipinski definition) is 0. The predicted molar refractivity (Wildman–Crippen MR) is 111 cm³/mol. The lowest BCUT2D eigenvalue weighted by Gasteiger charge is -2.08. The first-order valence-corrected chi connectivity index (χ1v) is 10.3. The quantitative estimate of drug-likeness (QED) is 0.240. The van der Waals surface area contributed by atoms with Gasteiger partial charge in [-0.15, -0.1) is 0 Å². The summed E-state index contributed by atoms with van der Waals surface area (Å²) in [6.45, 7) is 5.11. The Morgan fingerprint density at radius 3 is 2.04 bits per heavy atom. The molecule has 2 aromatic rings. The highest BCUT2D eigenvalue weighted by Crippen LogP contribution is 2.19. The molecule has 0 bridgehead atoms. The molecule has 0 saturated heterocycles. The molecule has 146 valence electrons. The zero-order valence-corrected chi connectivity index (χ0v) is 16.7. The molecule has 0 aliphatic heterocycles. The van der Waals surface area contributed by atoms with Gasteiger partial charge in [0.05, 0.1) is 12.2 Å². The summed E-state index contributed by atoms with van der Waals surface area (Å²) in [4.78, 5) is 12.3. The van der Waals surface area contributed by atoms with Crippen LogP contribution in [0.1, 0.15) is 74.7 Å². The molecule has 0 N–H and O–H groups in total. The number of carbonyl (C=O) groups is 1. The van der Waals surface area contributed by atoms with E-state index in [0.717, 1.165) is 25.2 Å². The van der Waals surface area contributed by atoms with E-state index in [0.29, 0.717) is 11.3 Å². The molecule has 0 radical (unpaired) electrons. The van der Waals surface area contributed by atoms with Crippen LogP contribution in [-0.4, -0.2) is 12.6 Å². The number of carbonyl (C=O) groups excluding carboxylic acids is 1. The molecule has 0 aliphatic carbocycles. The van der Waals surface area contributed by atoms with Gasteiger partial charge >= 0.3 is 5.97 Å². The smallest absolute Gasteiger partial charge is 0.343 e. The van der Waals surface area contributed by atoms with Gasteiger partial charge in [0.2, 0.25) is 0 Å². The van der Waals surface area contributed by atoms with Crippen LogP contribution in [0.15, 0.2) is 48.5 Å². The van der Waals surface area contributed by atoms with Crippen molar-refractivity contribution in [3.63, 3.8) is 0 Å². The summed E-state index contributed by atoms with van der Waals surface area (Å²) in [6, 6.07) is 15.0. The maximum absolute atomic E-state index is 12.3. The van der Waals surface area contributed by atoms with Crippen molar-refractivity contribution in [3.05, 3.63) is 59.7 Å². The third kappa shape index (κ3) is 7.86. The second-order valence-corrected chi connectivity index (χ2v) is 6.92. The maximum Gasteiger partial charge on any atom is 0.343 e. The largest absolute Gasteiger partial charge is 0.494 e. The van der Waals surface area contributed by atoms with Crippen LogP contribution in [0.3, 0.4) is 0 Å². The van der Waals surface area contributed by atoms with Gasteiger partial charge < -0.3 is 9.47 Å². The molecule has 0 amide bonds. The lowest BCUT2D eigenvalue weighted by molar-refractivity contribution is 0.0734. The van der Waals surface area contributed by atoms with Crippen LogP contribution in [0.25, 0.3) is 0 Å². The van der Waals surface area contributed by atoms with Gasteiger partial charge in [0.25, 0.3) is 0 Å². The summed E-state index contributed by atoms with van der Waals surface area (Å²) >= 11 is 0.